The highest BCUT2D eigenvalue weighted by atomic mass is 127. The Bertz CT molecular complexity index is 486. The smallest absolute Gasteiger partial charge is 0.193 e. The van der Waals surface area contributed by atoms with Gasteiger partial charge in [0.2, 0.25) is 0 Å². The van der Waals surface area contributed by atoms with E-state index in [9.17, 15) is 0 Å². The molecule has 1 N–H and O–H groups in total. The molecule has 0 aliphatic heterocycles. The molecule has 0 aromatic heterocycles. The maximum atomic E-state index is 4.37. The maximum absolute atomic E-state index is 4.37. The van der Waals surface area contributed by atoms with Crippen LogP contribution in [0.1, 0.15) is 24.0 Å². The molecule has 1 rings (SSSR count). The second-order valence-electron chi connectivity index (χ2n) is 5.76. The van der Waals surface area contributed by atoms with Crippen molar-refractivity contribution in [2.45, 2.75) is 25.9 Å². The van der Waals surface area contributed by atoms with Crippen LogP contribution in [0.5, 0.6) is 0 Å². The molecule has 0 saturated heterocycles. The summed E-state index contributed by atoms with van der Waals surface area (Å²) < 4.78 is 0. The number of rotatable bonds is 8. The van der Waals surface area contributed by atoms with Gasteiger partial charge in [0.05, 0.1) is 0 Å². The summed E-state index contributed by atoms with van der Waals surface area (Å²) in [5, 5.41) is 3.46. The number of unbranched alkanes of at least 4 members (excludes halogenated alkanes) is 1. The zero-order valence-corrected chi connectivity index (χ0v) is 17.2. The van der Waals surface area contributed by atoms with E-state index in [1.807, 2.05) is 13.1 Å². The third kappa shape index (κ3) is 8.37. The molecule has 0 spiro atoms. The van der Waals surface area contributed by atoms with Crippen molar-refractivity contribution in [2.24, 2.45) is 4.99 Å². The lowest BCUT2D eigenvalue weighted by Crippen LogP contribution is -2.39. The number of guanidine groups is 1. The topological polar surface area (TPSA) is 30.9 Å². The quantitative estimate of drug-likeness (QED) is 0.226. The van der Waals surface area contributed by atoms with Gasteiger partial charge < -0.3 is 15.1 Å². The molecule has 23 heavy (non-hydrogen) atoms. The molecule has 0 amide bonds. The molecule has 0 unspecified atom stereocenters. The van der Waals surface area contributed by atoms with Gasteiger partial charge in [-0.3, -0.25) is 4.99 Å². The Hall–Kier alpha value is -1.08. The molecule has 0 aliphatic carbocycles. The first kappa shape index (κ1) is 21.9. The number of nitrogens with zero attached hydrogens (tertiary/aromatic N) is 3. The Morgan fingerprint density at radius 1 is 1.22 bits per heavy atom. The summed E-state index contributed by atoms with van der Waals surface area (Å²) in [6.07, 6.45) is 4.09. The van der Waals surface area contributed by atoms with E-state index in [4.69, 9.17) is 0 Å². The Labute approximate surface area is 158 Å². The van der Waals surface area contributed by atoms with Crippen molar-refractivity contribution in [2.75, 3.05) is 34.7 Å². The zero-order chi connectivity index (χ0) is 16.4. The maximum Gasteiger partial charge on any atom is 0.193 e. The SMILES string of the molecule is C=CCCCN(C)C(=NC)NCc1ccccc1CN(C)C.I. The molecule has 0 saturated carbocycles. The van der Waals surface area contributed by atoms with Crippen molar-refractivity contribution in [1.29, 1.82) is 0 Å². The van der Waals surface area contributed by atoms with Gasteiger partial charge in [-0.15, -0.1) is 30.6 Å². The van der Waals surface area contributed by atoms with E-state index in [0.717, 1.165) is 38.4 Å². The van der Waals surface area contributed by atoms with Crippen molar-refractivity contribution >= 4 is 29.9 Å². The van der Waals surface area contributed by atoms with E-state index in [1.165, 1.54) is 11.1 Å². The molecule has 4 nitrogen and oxygen atoms in total. The molecule has 1 aromatic rings. The summed E-state index contributed by atoms with van der Waals surface area (Å²) in [6, 6.07) is 8.55. The minimum absolute atomic E-state index is 0. The first-order valence-electron chi connectivity index (χ1n) is 7.82. The summed E-state index contributed by atoms with van der Waals surface area (Å²) in [4.78, 5) is 8.72. The Morgan fingerprint density at radius 3 is 2.43 bits per heavy atom. The highest BCUT2D eigenvalue weighted by Crippen LogP contribution is 2.10. The summed E-state index contributed by atoms with van der Waals surface area (Å²) in [6.45, 7) is 6.48. The average Bonchev–Trinajstić information content (AvgIpc) is 2.49. The van der Waals surface area contributed by atoms with Gasteiger partial charge in [0.15, 0.2) is 5.96 Å². The molecule has 0 atom stereocenters. The van der Waals surface area contributed by atoms with Crippen molar-refractivity contribution in [1.82, 2.24) is 15.1 Å². The number of allylic oxidation sites excluding steroid dienone is 1. The van der Waals surface area contributed by atoms with Crippen LogP contribution in [0, 0.1) is 0 Å². The first-order valence-corrected chi connectivity index (χ1v) is 7.82. The van der Waals surface area contributed by atoms with Gasteiger partial charge in [0, 0.05) is 33.7 Å². The fourth-order valence-corrected chi connectivity index (χ4v) is 2.36. The average molecular weight is 430 g/mol. The molecular formula is C18H31IN4. The van der Waals surface area contributed by atoms with Crippen LogP contribution in [0.15, 0.2) is 41.9 Å². The second kappa shape index (κ2) is 12.4. The number of hydrogen-bond donors (Lipinski definition) is 1. The van der Waals surface area contributed by atoms with Crippen molar-refractivity contribution in [3.63, 3.8) is 0 Å². The van der Waals surface area contributed by atoms with E-state index >= 15 is 0 Å². The van der Waals surface area contributed by atoms with Gasteiger partial charge in [-0.1, -0.05) is 30.3 Å². The van der Waals surface area contributed by atoms with Gasteiger partial charge >= 0.3 is 0 Å². The van der Waals surface area contributed by atoms with Crippen molar-refractivity contribution in [3.8, 4) is 0 Å². The first-order chi connectivity index (χ1) is 10.6. The third-order valence-electron chi connectivity index (χ3n) is 3.52. The lowest BCUT2D eigenvalue weighted by atomic mass is 10.1. The monoisotopic (exact) mass is 430 g/mol. The predicted molar refractivity (Wildman–Crippen MR) is 112 cm³/mol. The molecule has 0 radical (unpaired) electrons. The van der Waals surface area contributed by atoms with Crippen LogP contribution < -0.4 is 5.32 Å². The van der Waals surface area contributed by atoms with Crippen LogP contribution in [0.3, 0.4) is 0 Å². The molecule has 130 valence electrons. The molecule has 0 fully saturated rings. The van der Waals surface area contributed by atoms with Gasteiger partial charge in [0.25, 0.3) is 0 Å². The number of aliphatic imine (C=N–C) groups is 1. The lowest BCUT2D eigenvalue weighted by Gasteiger charge is -2.22. The van der Waals surface area contributed by atoms with Gasteiger partial charge in [-0.25, -0.2) is 0 Å². The summed E-state index contributed by atoms with van der Waals surface area (Å²) in [7, 11) is 8.09. The van der Waals surface area contributed by atoms with Gasteiger partial charge in [-0.05, 0) is 38.1 Å². The van der Waals surface area contributed by atoms with E-state index in [2.05, 4.69) is 72.1 Å². The molecular weight excluding hydrogens is 399 g/mol. The van der Waals surface area contributed by atoms with Crippen molar-refractivity contribution in [3.05, 3.63) is 48.0 Å². The summed E-state index contributed by atoms with van der Waals surface area (Å²) >= 11 is 0. The fourth-order valence-electron chi connectivity index (χ4n) is 2.36. The third-order valence-corrected chi connectivity index (χ3v) is 3.52. The number of benzene rings is 1. The molecule has 1 aromatic carbocycles. The lowest BCUT2D eigenvalue weighted by molar-refractivity contribution is 0.400. The van der Waals surface area contributed by atoms with E-state index in [-0.39, 0.29) is 24.0 Å². The van der Waals surface area contributed by atoms with Crippen LogP contribution >= 0.6 is 24.0 Å². The van der Waals surface area contributed by atoms with Crippen LogP contribution in [-0.4, -0.2) is 50.5 Å². The number of nitrogens with one attached hydrogen (secondary N) is 1. The molecule has 0 heterocycles. The Balaban J connectivity index is 0.00000484. The Kier molecular flexibility index (Phi) is 11.8. The Morgan fingerprint density at radius 2 is 1.87 bits per heavy atom. The van der Waals surface area contributed by atoms with Crippen molar-refractivity contribution < 1.29 is 0 Å². The van der Waals surface area contributed by atoms with E-state index in [0.29, 0.717) is 0 Å². The van der Waals surface area contributed by atoms with E-state index in [1.54, 1.807) is 0 Å². The predicted octanol–water partition coefficient (Wildman–Crippen LogP) is 3.34. The summed E-state index contributed by atoms with van der Waals surface area (Å²) in [5.41, 5.74) is 2.67. The van der Waals surface area contributed by atoms with Gasteiger partial charge in [-0.2, -0.15) is 0 Å². The molecule has 0 bridgehead atoms. The fraction of sp³-hybridized carbons (Fsp3) is 0.500. The van der Waals surface area contributed by atoms with Crippen LogP contribution in [0.4, 0.5) is 0 Å². The molecule has 5 heteroatoms. The standard InChI is InChI=1S/C18H30N4.HI/c1-6-7-10-13-22(5)18(19-2)20-14-16-11-8-9-12-17(16)15-21(3)4;/h6,8-9,11-12H,1,7,10,13-15H2,2-5H3,(H,19,20);1H. The summed E-state index contributed by atoms with van der Waals surface area (Å²) in [5.74, 6) is 0.934. The number of halogens is 1. The normalized spacial score (nSPS) is 11.1. The van der Waals surface area contributed by atoms with Gasteiger partial charge in [0.1, 0.15) is 0 Å². The van der Waals surface area contributed by atoms with Crippen LogP contribution in [0.2, 0.25) is 0 Å². The van der Waals surface area contributed by atoms with Crippen LogP contribution in [-0.2, 0) is 13.1 Å². The van der Waals surface area contributed by atoms with E-state index < -0.39 is 0 Å². The second-order valence-corrected chi connectivity index (χ2v) is 5.76. The largest absolute Gasteiger partial charge is 0.352 e. The molecule has 0 aliphatic rings. The highest BCUT2D eigenvalue weighted by Gasteiger charge is 2.07. The highest BCUT2D eigenvalue weighted by molar-refractivity contribution is 14.0. The van der Waals surface area contributed by atoms with Crippen LogP contribution in [0.25, 0.3) is 0 Å². The zero-order valence-electron chi connectivity index (χ0n) is 14.9. The minimum Gasteiger partial charge on any atom is -0.352 e. The number of hydrogen-bond acceptors (Lipinski definition) is 2. The minimum atomic E-state index is 0.